The topological polar surface area (TPSA) is 67.4 Å². The number of ether oxygens (including phenoxy) is 1. The number of rotatable bonds is 8. The Morgan fingerprint density at radius 1 is 1.35 bits per heavy atom. The van der Waals surface area contributed by atoms with Gasteiger partial charge in [-0.15, -0.1) is 0 Å². The third kappa shape index (κ3) is 4.82. The van der Waals surface area contributed by atoms with Gasteiger partial charge in [-0.2, -0.15) is 0 Å². The van der Waals surface area contributed by atoms with Crippen molar-refractivity contribution in [2.75, 3.05) is 27.3 Å². The second-order valence-corrected chi connectivity index (χ2v) is 7.03. The van der Waals surface area contributed by atoms with Crippen molar-refractivity contribution in [3.63, 3.8) is 0 Å². The van der Waals surface area contributed by atoms with E-state index in [0.717, 1.165) is 11.1 Å². The molecule has 1 aromatic rings. The molecule has 0 aliphatic heterocycles. The first-order chi connectivity index (χ1) is 9.42. The zero-order chi connectivity index (χ0) is 15.2. The fraction of sp³-hybridized carbons (Fsp3) is 0.538. The average Bonchev–Trinajstić information content (AvgIpc) is 2.39. The van der Waals surface area contributed by atoms with E-state index in [2.05, 4.69) is 26.0 Å². The van der Waals surface area contributed by atoms with Gasteiger partial charge >= 0.3 is 0 Å². The molecule has 0 aromatic heterocycles. The van der Waals surface area contributed by atoms with Crippen molar-refractivity contribution in [3.05, 3.63) is 27.7 Å². The van der Waals surface area contributed by atoms with Crippen molar-refractivity contribution >= 4 is 26.0 Å². The smallest absolute Gasteiger partial charge is 0.241 e. The zero-order valence-corrected chi connectivity index (χ0v) is 14.4. The van der Waals surface area contributed by atoms with Gasteiger partial charge in [-0.25, -0.2) is 13.1 Å². The number of halogens is 1. The summed E-state index contributed by atoms with van der Waals surface area (Å²) in [6.07, 6.45) is 0.641. The molecule has 20 heavy (non-hydrogen) atoms. The highest BCUT2D eigenvalue weighted by atomic mass is 79.9. The molecule has 7 heteroatoms. The van der Waals surface area contributed by atoms with Crippen molar-refractivity contribution < 1.29 is 13.2 Å². The second kappa shape index (κ2) is 8.09. The van der Waals surface area contributed by atoms with Crippen molar-refractivity contribution in [2.45, 2.75) is 24.8 Å². The molecule has 0 aliphatic rings. The predicted molar refractivity (Wildman–Crippen MR) is 83.3 cm³/mol. The lowest BCUT2D eigenvalue weighted by Gasteiger charge is -2.12. The first-order valence-corrected chi connectivity index (χ1v) is 8.62. The highest BCUT2D eigenvalue weighted by molar-refractivity contribution is 9.10. The summed E-state index contributed by atoms with van der Waals surface area (Å²) < 4.78 is 32.7. The molecule has 0 heterocycles. The first-order valence-electron chi connectivity index (χ1n) is 6.34. The number of methoxy groups -OCH3 is 1. The third-order valence-corrected chi connectivity index (χ3v) is 5.57. The minimum absolute atomic E-state index is 0.278. The molecule has 0 saturated carbocycles. The Balaban J connectivity index is 2.98. The molecule has 5 nitrogen and oxygen atoms in total. The molecule has 114 valence electrons. The Morgan fingerprint density at radius 2 is 2.05 bits per heavy atom. The predicted octanol–water partition coefficient (Wildman–Crippen LogP) is 1.79. The van der Waals surface area contributed by atoms with E-state index in [0.29, 0.717) is 30.6 Å². The zero-order valence-electron chi connectivity index (χ0n) is 12.0. The molecule has 0 bridgehead atoms. The molecular weight excluding hydrogens is 344 g/mol. The van der Waals surface area contributed by atoms with Gasteiger partial charge in [-0.3, -0.25) is 0 Å². The number of aryl methyl sites for hydroxylation is 1. The molecule has 0 radical (unpaired) electrons. The van der Waals surface area contributed by atoms with Crippen molar-refractivity contribution in [1.82, 2.24) is 10.0 Å². The van der Waals surface area contributed by atoms with Crippen LogP contribution in [0.1, 0.15) is 17.5 Å². The van der Waals surface area contributed by atoms with Crippen LogP contribution in [0.4, 0.5) is 0 Å². The van der Waals surface area contributed by atoms with Crippen LogP contribution in [-0.2, 0) is 21.3 Å². The van der Waals surface area contributed by atoms with Crippen LogP contribution >= 0.6 is 15.9 Å². The summed E-state index contributed by atoms with van der Waals surface area (Å²) in [5.41, 5.74) is 1.83. The van der Waals surface area contributed by atoms with Crippen LogP contribution in [0.3, 0.4) is 0 Å². The van der Waals surface area contributed by atoms with E-state index in [1.807, 2.05) is 20.0 Å². The summed E-state index contributed by atoms with van der Waals surface area (Å²) in [6, 6.07) is 3.65. The molecule has 0 spiro atoms. The molecule has 1 aromatic carbocycles. The Morgan fingerprint density at radius 3 is 2.65 bits per heavy atom. The number of hydrogen-bond acceptors (Lipinski definition) is 4. The van der Waals surface area contributed by atoms with Crippen LogP contribution in [-0.4, -0.2) is 35.7 Å². The lowest BCUT2D eigenvalue weighted by atomic mass is 10.1. The highest BCUT2D eigenvalue weighted by Gasteiger charge is 2.19. The molecule has 2 N–H and O–H groups in total. The van der Waals surface area contributed by atoms with E-state index < -0.39 is 10.0 Å². The largest absolute Gasteiger partial charge is 0.385 e. The van der Waals surface area contributed by atoms with Crippen LogP contribution < -0.4 is 10.0 Å². The highest BCUT2D eigenvalue weighted by Crippen LogP contribution is 2.27. The molecule has 0 saturated heterocycles. The van der Waals surface area contributed by atoms with Gasteiger partial charge < -0.3 is 10.1 Å². The molecular formula is C13H21BrN2O3S. The van der Waals surface area contributed by atoms with Gasteiger partial charge in [0.05, 0.1) is 4.90 Å². The van der Waals surface area contributed by atoms with Gasteiger partial charge in [0, 0.05) is 31.3 Å². The fourth-order valence-electron chi connectivity index (χ4n) is 1.81. The van der Waals surface area contributed by atoms with Gasteiger partial charge in [0.1, 0.15) is 0 Å². The standard InChI is InChI=1S/C13H21BrN2O3S/c1-10-7-11(9-15-2)8-12(13(10)14)20(17,18)16-5-4-6-19-3/h7-8,15-16H,4-6,9H2,1-3H3. The van der Waals surface area contributed by atoms with Crippen LogP contribution in [0.2, 0.25) is 0 Å². The van der Waals surface area contributed by atoms with Gasteiger partial charge in [0.25, 0.3) is 0 Å². The lowest BCUT2D eigenvalue weighted by molar-refractivity contribution is 0.196. The Kier molecular flexibility index (Phi) is 7.11. The van der Waals surface area contributed by atoms with Gasteiger partial charge in [0.15, 0.2) is 0 Å². The van der Waals surface area contributed by atoms with Crippen LogP contribution in [0.25, 0.3) is 0 Å². The minimum Gasteiger partial charge on any atom is -0.385 e. The summed E-state index contributed by atoms with van der Waals surface area (Å²) >= 11 is 3.36. The summed E-state index contributed by atoms with van der Waals surface area (Å²) in [7, 11) is -0.0941. The maximum atomic E-state index is 12.3. The number of sulfonamides is 1. The lowest BCUT2D eigenvalue weighted by Crippen LogP contribution is -2.26. The van der Waals surface area contributed by atoms with Gasteiger partial charge in [-0.05, 0) is 53.5 Å². The second-order valence-electron chi connectivity index (χ2n) is 4.50. The third-order valence-electron chi connectivity index (χ3n) is 2.77. The summed E-state index contributed by atoms with van der Waals surface area (Å²) in [4.78, 5) is 0.278. The van der Waals surface area contributed by atoms with E-state index >= 15 is 0 Å². The maximum Gasteiger partial charge on any atom is 0.241 e. The monoisotopic (exact) mass is 364 g/mol. The summed E-state index contributed by atoms with van der Waals surface area (Å²) in [5, 5.41) is 3.02. The number of benzene rings is 1. The number of nitrogens with one attached hydrogen (secondary N) is 2. The van der Waals surface area contributed by atoms with Crippen LogP contribution in [0.5, 0.6) is 0 Å². The van der Waals surface area contributed by atoms with E-state index in [9.17, 15) is 8.42 Å². The van der Waals surface area contributed by atoms with Gasteiger partial charge in [0.2, 0.25) is 10.0 Å². The molecule has 0 aliphatic carbocycles. The van der Waals surface area contributed by atoms with Crippen molar-refractivity contribution in [2.24, 2.45) is 0 Å². The summed E-state index contributed by atoms with van der Waals surface area (Å²) in [6.45, 7) is 3.40. The molecule has 0 fully saturated rings. The van der Waals surface area contributed by atoms with E-state index in [1.54, 1.807) is 13.2 Å². The average molecular weight is 365 g/mol. The Labute approximate surface area is 129 Å². The van der Waals surface area contributed by atoms with Gasteiger partial charge in [-0.1, -0.05) is 6.07 Å². The SMILES string of the molecule is CNCc1cc(C)c(Br)c(S(=O)(=O)NCCCOC)c1. The normalized spacial score (nSPS) is 11.8. The van der Waals surface area contributed by atoms with Crippen molar-refractivity contribution in [1.29, 1.82) is 0 Å². The van der Waals surface area contributed by atoms with E-state index in [1.165, 1.54) is 0 Å². The Bertz CT molecular complexity index is 547. The van der Waals surface area contributed by atoms with E-state index in [4.69, 9.17) is 4.74 Å². The Hall–Kier alpha value is -0.470. The fourth-order valence-corrected chi connectivity index (χ4v) is 3.95. The number of hydrogen-bond donors (Lipinski definition) is 2. The molecule has 0 atom stereocenters. The molecule has 1 rings (SSSR count). The van der Waals surface area contributed by atoms with Crippen LogP contribution in [0, 0.1) is 6.92 Å². The quantitative estimate of drug-likeness (QED) is 0.690. The minimum atomic E-state index is -3.51. The molecule has 0 amide bonds. The van der Waals surface area contributed by atoms with Crippen molar-refractivity contribution in [3.8, 4) is 0 Å². The molecule has 0 unspecified atom stereocenters. The summed E-state index contributed by atoms with van der Waals surface area (Å²) in [5.74, 6) is 0. The van der Waals surface area contributed by atoms with E-state index in [-0.39, 0.29) is 4.90 Å². The van der Waals surface area contributed by atoms with Crippen LogP contribution in [0.15, 0.2) is 21.5 Å². The first kappa shape index (κ1) is 17.6. The maximum absolute atomic E-state index is 12.3.